The van der Waals surface area contributed by atoms with Crippen molar-refractivity contribution in [3.05, 3.63) is 35.6 Å². The van der Waals surface area contributed by atoms with Gasteiger partial charge in [-0.25, -0.2) is 12.8 Å². The largest absolute Gasteiger partial charge is 0.317 e. The topological polar surface area (TPSA) is 46.2 Å². The minimum Gasteiger partial charge on any atom is -0.317 e. The Morgan fingerprint density at radius 3 is 2.58 bits per heavy atom. The van der Waals surface area contributed by atoms with Gasteiger partial charge in [0.1, 0.15) is 15.7 Å². The number of hydrogen-bond acceptors (Lipinski definition) is 3. The molecule has 3 nitrogen and oxygen atoms in total. The van der Waals surface area contributed by atoms with Crippen LogP contribution in [-0.4, -0.2) is 33.0 Å². The fraction of sp³-hybridized carbons (Fsp3) is 0.571. The van der Waals surface area contributed by atoms with Crippen molar-refractivity contribution in [3.8, 4) is 0 Å². The van der Waals surface area contributed by atoms with Crippen molar-refractivity contribution in [2.45, 2.75) is 32.2 Å². The van der Waals surface area contributed by atoms with Gasteiger partial charge in [0.25, 0.3) is 0 Å². The van der Waals surface area contributed by atoms with Gasteiger partial charge in [0.2, 0.25) is 0 Å². The molecule has 1 atom stereocenters. The van der Waals surface area contributed by atoms with Crippen molar-refractivity contribution in [1.29, 1.82) is 0 Å². The number of rotatable bonds is 8. The SMILES string of the molecule is CCS(=O)(=O)CCCC(Cc1ccccc1F)NC. The molecule has 0 aliphatic heterocycles. The van der Waals surface area contributed by atoms with Crippen LogP contribution in [0.3, 0.4) is 0 Å². The number of halogens is 1. The van der Waals surface area contributed by atoms with Gasteiger partial charge in [-0.1, -0.05) is 25.1 Å². The summed E-state index contributed by atoms with van der Waals surface area (Å²) in [6, 6.07) is 6.80. The molecule has 5 heteroatoms. The zero-order valence-electron chi connectivity index (χ0n) is 11.5. The third-order valence-corrected chi connectivity index (χ3v) is 5.07. The average molecular weight is 287 g/mol. The van der Waals surface area contributed by atoms with E-state index in [1.807, 2.05) is 13.1 Å². The molecule has 0 fully saturated rings. The van der Waals surface area contributed by atoms with Crippen LogP contribution in [0.5, 0.6) is 0 Å². The van der Waals surface area contributed by atoms with Gasteiger partial charge in [-0.15, -0.1) is 0 Å². The van der Waals surface area contributed by atoms with E-state index in [0.717, 1.165) is 6.42 Å². The maximum absolute atomic E-state index is 13.5. The van der Waals surface area contributed by atoms with Crippen molar-refractivity contribution in [3.63, 3.8) is 0 Å². The first kappa shape index (κ1) is 16.1. The molecule has 1 unspecified atom stereocenters. The molecule has 1 aromatic rings. The summed E-state index contributed by atoms with van der Waals surface area (Å²) in [4.78, 5) is 0. The molecule has 0 aromatic heterocycles. The van der Waals surface area contributed by atoms with E-state index < -0.39 is 9.84 Å². The third-order valence-electron chi connectivity index (χ3n) is 3.28. The number of sulfone groups is 1. The molecule has 0 amide bonds. The van der Waals surface area contributed by atoms with Gasteiger partial charge in [0.05, 0.1) is 5.75 Å². The normalized spacial score (nSPS) is 13.4. The number of nitrogens with one attached hydrogen (secondary N) is 1. The van der Waals surface area contributed by atoms with Crippen LogP contribution in [0.1, 0.15) is 25.3 Å². The van der Waals surface area contributed by atoms with E-state index >= 15 is 0 Å². The summed E-state index contributed by atoms with van der Waals surface area (Å²) in [5, 5.41) is 3.12. The second kappa shape index (κ2) is 7.60. The van der Waals surface area contributed by atoms with E-state index in [1.54, 1.807) is 19.1 Å². The Labute approximate surface area is 115 Å². The van der Waals surface area contributed by atoms with E-state index in [4.69, 9.17) is 0 Å². The minimum absolute atomic E-state index is 0.101. The van der Waals surface area contributed by atoms with Gasteiger partial charge in [-0.05, 0) is 37.9 Å². The van der Waals surface area contributed by atoms with Crippen LogP contribution in [0, 0.1) is 5.82 Å². The molecule has 1 rings (SSSR count). The maximum atomic E-state index is 13.5. The molecule has 0 heterocycles. The Balaban J connectivity index is 2.49. The monoisotopic (exact) mass is 287 g/mol. The average Bonchev–Trinajstić information content (AvgIpc) is 2.39. The Bertz CT molecular complexity index is 488. The van der Waals surface area contributed by atoms with E-state index in [2.05, 4.69) is 5.32 Å². The maximum Gasteiger partial charge on any atom is 0.150 e. The zero-order chi connectivity index (χ0) is 14.3. The Morgan fingerprint density at radius 1 is 1.32 bits per heavy atom. The molecule has 0 aliphatic rings. The molecule has 0 spiro atoms. The summed E-state index contributed by atoms with van der Waals surface area (Å²) in [6.45, 7) is 1.66. The van der Waals surface area contributed by atoms with E-state index in [9.17, 15) is 12.8 Å². The number of likely N-dealkylation sites (N-methyl/N-ethyl adjacent to an activating group) is 1. The van der Waals surface area contributed by atoms with Gasteiger partial charge >= 0.3 is 0 Å². The van der Waals surface area contributed by atoms with Gasteiger partial charge in [0, 0.05) is 11.8 Å². The first-order valence-corrected chi connectivity index (χ1v) is 8.41. The highest BCUT2D eigenvalue weighted by Crippen LogP contribution is 2.12. The molecular weight excluding hydrogens is 265 g/mol. The lowest BCUT2D eigenvalue weighted by Gasteiger charge is -2.16. The first-order chi connectivity index (χ1) is 8.98. The highest BCUT2D eigenvalue weighted by atomic mass is 32.2. The Kier molecular flexibility index (Phi) is 6.45. The van der Waals surface area contributed by atoms with E-state index in [-0.39, 0.29) is 23.4 Å². The van der Waals surface area contributed by atoms with Crippen LogP contribution >= 0.6 is 0 Å². The molecule has 0 saturated heterocycles. The molecule has 1 N–H and O–H groups in total. The third kappa shape index (κ3) is 5.70. The quantitative estimate of drug-likeness (QED) is 0.797. The van der Waals surface area contributed by atoms with Crippen molar-refractivity contribution in [2.75, 3.05) is 18.6 Å². The molecule has 0 radical (unpaired) electrons. The van der Waals surface area contributed by atoms with Gasteiger partial charge in [0.15, 0.2) is 0 Å². The van der Waals surface area contributed by atoms with Crippen LogP contribution in [-0.2, 0) is 16.3 Å². The van der Waals surface area contributed by atoms with E-state index in [0.29, 0.717) is 18.4 Å². The molecule has 19 heavy (non-hydrogen) atoms. The van der Waals surface area contributed by atoms with Crippen molar-refractivity contribution < 1.29 is 12.8 Å². The highest BCUT2D eigenvalue weighted by Gasteiger charge is 2.13. The first-order valence-electron chi connectivity index (χ1n) is 6.59. The second-order valence-corrected chi connectivity index (χ2v) is 7.13. The summed E-state index contributed by atoms with van der Waals surface area (Å²) in [5.74, 6) is 0.188. The lowest BCUT2D eigenvalue weighted by atomic mass is 10.0. The molecule has 0 saturated carbocycles. The molecule has 108 valence electrons. The smallest absolute Gasteiger partial charge is 0.150 e. The van der Waals surface area contributed by atoms with Crippen LogP contribution in [0.2, 0.25) is 0 Å². The predicted octanol–water partition coefficient (Wildman–Crippen LogP) is 2.17. The van der Waals surface area contributed by atoms with Gasteiger partial charge in [-0.3, -0.25) is 0 Å². The predicted molar refractivity (Wildman–Crippen MR) is 76.5 cm³/mol. The summed E-state index contributed by atoms with van der Waals surface area (Å²) in [6.07, 6.45) is 1.91. The Hall–Kier alpha value is -0.940. The molecule has 1 aromatic carbocycles. The van der Waals surface area contributed by atoms with Crippen molar-refractivity contribution in [2.24, 2.45) is 0 Å². The highest BCUT2D eigenvalue weighted by molar-refractivity contribution is 7.91. The van der Waals surface area contributed by atoms with Crippen LogP contribution in [0.4, 0.5) is 4.39 Å². The lowest BCUT2D eigenvalue weighted by Crippen LogP contribution is -2.28. The summed E-state index contributed by atoms with van der Waals surface area (Å²) < 4.78 is 36.3. The summed E-state index contributed by atoms with van der Waals surface area (Å²) >= 11 is 0. The van der Waals surface area contributed by atoms with Crippen LogP contribution in [0.15, 0.2) is 24.3 Å². The number of hydrogen-bond donors (Lipinski definition) is 1. The summed E-state index contributed by atoms with van der Waals surface area (Å²) in [5.41, 5.74) is 0.667. The fourth-order valence-electron chi connectivity index (χ4n) is 1.97. The van der Waals surface area contributed by atoms with Crippen LogP contribution in [0.25, 0.3) is 0 Å². The van der Waals surface area contributed by atoms with Crippen molar-refractivity contribution >= 4 is 9.84 Å². The van der Waals surface area contributed by atoms with Gasteiger partial charge < -0.3 is 5.32 Å². The molecule has 0 bridgehead atoms. The number of benzene rings is 1. The summed E-state index contributed by atoms with van der Waals surface area (Å²) in [7, 11) is -1.09. The fourth-order valence-corrected chi connectivity index (χ4v) is 2.87. The second-order valence-electron chi connectivity index (χ2n) is 4.66. The van der Waals surface area contributed by atoms with E-state index in [1.165, 1.54) is 6.07 Å². The standard InChI is InChI=1S/C14H22FNO2S/c1-3-19(17,18)10-6-8-13(16-2)11-12-7-4-5-9-14(12)15/h4-5,7,9,13,16H,3,6,8,10-11H2,1-2H3. The minimum atomic E-state index is -2.91. The zero-order valence-corrected chi connectivity index (χ0v) is 12.3. The molecular formula is C14H22FNO2S. The van der Waals surface area contributed by atoms with Crippen LogP contribution < -0.4 is 5.32 Å². The Morgan fingerprint density at radius 2 is 2.00 bits per heavy atom. The lowest BCUT2D eigenvalue weighted by molar-refractivity contribution is 0.497. The molecule has 0 aliphatic carbocycles. The van der Waals surface area contributed by atoms with Gasteiger partial charge in [-0.2, -0.15) is 0 Å². The van der Waals surface area contributed by atoms with Crippen molar-refractivity contribution in [1.82, 2.24) is 5.32 Å².